The van der Waals surface area contributed by atoms with Crippen molar-refractivity contribution in [3.63, 3.8) is 0 Å². The summed E-state index contributed by atoms with van der Waals surface area (Å²) in [6.45, 7) is 4.48. The monoisotopic (exact) mass is 336 g/mol. The predicted molar refractivity (Wildman–Crippen MR) is 94.1 cm³/mol. The first kappa shape index (κ1) is 17.2. The van der Waals surface area contributed by atoms with E-state index in [0.717, 1.165) is 5.56 Å². The fraction of sp³-hybridized carbons (Fsp3) is 0.333. The van der Waals surface area contributed by atoms with Crippen LogP contribution in [-0.4, -0.2) is 16.8 Å². The maximum atomic E-state index is 13.9. The Morgan fingerprint density at radius 2 is 1.92 bits per heavy atom. The number of hydrogen-bond acceptors (Lipinski definition) is 2. The molecular weight excluding hydrogens is 315 g/mol. The number of carbonyl (C=O) groups is 1. The fourth-order valence-electron chi connectivity index (χ4n) is 3.20. The number of carbonyl (C=O) groups excluding carboxylic acids is 1. The molecule has 0 heterocycles. The molecule has 0 aliphatic heterocycles. The Morgan fingerprint density at radius 1 is 1.24 bits per heavy atom. The van der Waals surface area contributed by atoms with Crippen molar-refractivity contribution in [3.05, 3.63) is 71.0 Å². The van der Waals surface area contributed by atoms with E-state index >= 15 is 0 Å². The van der Waals surface area contributed by atoms with Crippen LogP contribution in [0.1, 0.15) is 42.9 Å². The molecular formula is C21H21FN2O. The van der Waals surface area contributed by atoms with Crippen molar-refractivity contribution in [2.45, 2.75) is 38.8 Å². The molecule has 1 amide bonds. The Balaban J connectivity index is 1.72. The van der Waals surface area contributed by atoms with E-state index in [-0.39, 0.29) is 29.6 Å². The normalized spacial score (nSPS) is 18.7. The highest BCUT2D eigenvalue weighted by Gasteiger charge is 2.47. The number of nitriles is 1. The van der Waals surface area contributed by atoms with Crippen molar-refractivity contribution in [1.29, 1.82) is 5.26 Å². The summed E-state index contributed by atoms with van der Waals surface area (Å²) in [5.74, 6) is -0.313. The third-order valence-corrected chi connectivity index (χ3v) is 4.75. The first-order valence-electron chi connectivity index (χ1n) is 8.55. The van der Waals surface area contributed by atoms with Gasteiger partial charge < -0.3 is 4.90 Å². The van der Waals surface area contributed by atoms with E-state index in [2.05, 4.69) is 6.07 Å². The van der Waals surface area contributed by atoms with Crippen LogP contribution < -0.4 is 0 Å². The van der Waals surface area contributed by atoms with Crippen LogP contribution in [0.3, 0.4) is 0 Å². The molecule has 0 radical (unpaired) electrons. The summed E-state index contributed by atoms with van der Waals surface area (Å²) in [6, 6.07) is 16.1. The predicted octanol–water partition coefficient (Wildman–Crippen LogP) is 4.24. The van der Waals surface area contributed by atoms with Gasteiger partial charge in [0, 0.05) is 18.5 Å². The highest BCUT2D eigenvalue weighted by atomic mass is 19.1. The van der Waals surface area contributed by atoms with Gasteiger partial charge in [0.25, 0.3) is 0 Å². The summed E-state index contributed by atoms with van der Waals surface area (Å²) < 4.78 is 13.9. The molecule has 2 atom stereocenters. The summed E-state index contributed by atoms with van der Waals surface area (Å²) in [5, 5.41) is 8.88. The van der Waals surface area contributed by atoms with Gasteiger partial charge in [-0.3, -0.25) is 4.79 Å². The second-order valence-electron chi connectivity index (χ2n) is 6.84. The number of amides is 1. The molecule has 2 aromatic rings. The van der Waals surface area contributed by atoms with E-state index in [0.29, 0.717) is 24.1 Å². The van der Waals surface area contributed by atoms with Crippen LogP contribution in [0, 0.1) is 23.1 Å². The Hall–Kier alpha value is -2.67. The number of halogens is 1. The molecule has 1 saturated carbocycles. The highest BCUT2D eigenvalue weighted by Crippen LogP contribution is 2.49. The molecule has 25 heavy (non-hydrogen) atoms. The summed E-state index contributed by atoms with van der Waals surface area (Å²) >= 11 is 0. The van der Waals surface area contributed by atoms with Crippen LogP contribution in [0.2, 0.25) is 0 Å². The van der Waals surface area contributed by atoms with Gasteiger partial charge in [-0.15, -0.1) is 0 Å². The van der Waals surface area contributed by atoms with Crippen molar-refractivity contribution in [3.8, 4) is 6.07 Å². The van der Waals surface area contributed by atoms with Crippen LogP contribution >= 0.6 is 0 Å². The van der Waals surface area contributed by atoms with E-state index in [1.807, 2.05) is 36.9 Å². The third kappa shape index (κ3) is 3.71. The van der Waals surface area contributed by atoms with Gasteiger partial charge in [-0.25, -0.2) is 4.39 Å². The molecule has 0 bridgehead atoms. The van der Waals surface area contributed by atoms with Gasteiger partial charge in [-0.05, 0) is 55.5 Å². The van der Waals surface area contributed by atoms with Crippen LogP contribution in [0.25, 0.3) is 0 Å². The summed E-state index contributed by atoms with van der Waals surface area (Å²) in [5.41, 5.74) is 2.24. The van der Waals surface area contributed by atoms with Gasteiger partial charge in [0.15, 0.2) is 0 Å². The van der Waals surface area contributed by atoms with Crippen LogP contribution in [0.4, 0.5) is 4.39 Å². The van der Waals surface area contributed by atoms with E-state index in [1.165, 1.54) is 6.07 Å². The summed E-state index contributed by atoms with van der Waals surface area (Å²) in [7, 11) is 0. The Morgan fingerprint density at radius 3 is 2.52 bits per heavy atom. The van der Waals surface area contributed by atoms with Gasteiger partial charge in [0.2, 0.25) is 5.91 Å². The molecule has 0 saturated heterocycles. The standard InChI is InChI=1S/C21H21FN2O/c1-14(2)24(13-16-9-7-15(12-23)8-10-16)21(25)19-11-18(19)17-5-3-4-6-20(17)22/h3-10,14,18-19H,11,13H2,1-2H3. The van der Waals surface area contributed by atoms with Crippen LogP contribution in [0.5, 0.6) is 0 Å². The van der Waals surface area contributed by atoms with Crippen LogP contribution in [-0.2, 0) is 11.3 Å². The maximum absolute atomic E-state index is 13.9. The lowest BCUT2D eigenvalue weighted by atomic mass is 10.1. The van der Waals surface area contributed by atoms with E-state index in [1.54, 1.807) is 24.3 Å². The Bertz CT molecular complexity index is 807. The van der Waals surface area contributed by atoms with Gasteiger partial charge in [-0.2, -0.15) is 5.26 Å². The molecule has 1 fully saturated rings. The molecule has 128 valence electrons. The molecule has 0 spiro atoms. The van der Waals surface area contributed by atoms with Crippen molar-refractivity contribution in [2.24, 2.45) is 5.92 Å². The molecule has 0 aromatic heterocycles. The lowest BCUT2D eigenvalue weighted by Gasteiger charge is -2.27. The minimum Gasteiger partial charge on any atom is -0.336 e. The molecule has 4 heteroatoms. The quantitative estimate of drug-likeness (QED) is 0.820. The lowest BCUT2D eigenvalue weighted by Crippen LogP contribution is -2.37. The minimum absolute atomic E-state index is 0.0177. The SMILES string of the molecule is CC(C)N(Cc1ccc(C#N)cc1)C(=O)C1CC1c1ccccc1F. The minimum atomic E-state index is -0.231. The second kappa shape index (κ2) is 7.06. The lowest BCUT2D eigenvalue weighted by molar-refractivity contribution is -0.135. The number of hydrogen-bond donors (Lipinski definition) is 0. The average Bonchev–Trinajstić information content (AvgIpc) is 3.40. The second-order valence-corrected chi connectivity index (χ2v) is 6.84. The molecule has 0 N–H and O–H groups in total. The first-order chi connectivity index (χ1) is 12.0. The molecule has 2 unspecified atom stereocenters. The topological polar surface area (TPSA) is 44.1 Å². The number of nitrogens with zero attached hydrogens (tertiary/aromatic N) is 2. The van der Waals surface area contributed by atoms with E-state index in [4.69, 9.17) is 5.26 Å². The van der Waals surface area contributed by atoms with E-state index in [9.17, 15) is 9.18 Å². The molecule has 1 aliphatic carbocycles. The van der Waals surface area contributed by atoms with Gasteiger partial charge >= 0.3 is 0 Å². The Labute approximate surface area is 147 Å². The third-order valence-electron chi connectivity index (χ3n) is 4.75. The van der Waals surface area contributed by atoms with Gasteiger partial charge in [0.05, 0.1) is 11.6 Å². The van der Waals surface area contributed by atoms with Crippen molar-refractivity contribution in [2.75, 3.05) is 0 Å². The zero-order valence-electron chi connectivity index (χ0n) is 14.4. The smallest absolute Gasteiger partial charge is 0.226 e. The Kier molecular flexibility index (Phi) is 4.85. The average molecular weight is 336 g/mol. The van der Waals surface area contributed by atoms with E-state index < -0.39 is 0 Å². The molecule has 3 rings (SSSR count). The van der Waals surface area contributed by atoms with Crippen molar-refractivity contribution in [1.82, 2.24) is 4.90 Å². The first-order valence-corrected chi connectivity index (χ1v) is 8.55. The van der Waals surface area contributed by atoms with Crippen LogP contribution in [0.15, 0.2) is 48.5 Å². The zero-order chi connectivity index (χ0) is 18.0. The molecule has 2 aromatic carbocycles. The number of rotatable bonds is 5. The largest absolute Gasteiger partial charge is 0.336 e. The number of benzene rings is 2. The van der Waals surface area contributed by atoms with Crippen molar-refractivity contribution >= 4 is 5.91 Å². The maximum Gasteiger partial charge on any atom is 0.226 e. The fourth-order valence-corrected chi connectivity index (χ4v) is 3.20. The van der Waals surface area contributed by atoms with Crippen molar-refractivity contribution < 1.29 is 9.18 Å². The summed E-state index contributed by atoms with van der Waals surface area (Å²) in [6.07, 6.45) is 0.705. The van der Waals surface area contributed by atoms with Gasteiger partial charge in [-0.1, -0.05) is 30.3 Å². The summed E-state index contributed by atoms with van der Waals surface area (Å²) in [4.78, 5) is 14.8. The molecule has 3 nitrogen and oxygen atoms in total. The molecule has 1 aliphatic rings. The highest BCUT2D eigenvalue weighted by molar-refractivity contribution is 5.83. The van der Waals surface area contributed by atoms with Gasteiger partial charge in [0.1, 0.15) is 5.82 Å². The zero-order valence-corrected chi connectivity index (χ0v) is 14.4.